The number of nitrogens with zero attached hydrogens (tertiary/aromatic N) is 1. The van der Waals surface area contributed by atoms with E-state index in [1.165, 1.54) is 0 Å². The third-order valence-electron chi connectivity index (χ3n) is 3.31. The Kier molecular flexibility index (Phi) is 4.22. The number of furan rings is 1. The molecule has 1 amide bonds. The molecule has 1 unspecified atom stereocenters. The molecule has 0 saturated carbocycles. The monoisotopic (exact) mass is 260 g/mol. The molecule has 0 fully saturated rings. The van der Waals surface area contributed by atoms with Gasteiger partial charge in [0.2, 0.25) is 0 Å². The first kappa shape index (κ1) is 13.6. The SMILES string of the molecule is CCN(CC(C)CN)C(=O)c1coc2ccccc12. The maximum Gasteiger partial charge on any atom is 0.257 e. The number of carbonyl (C=O) groups is 1. The van der Waals surface area contributed by atoms with E-state index in [0.717, 1.165) is 11.0 Å². The predicted molar refractivity (Wildman–Crippen MR) is 76.0 cm³/mol. The van der Waals surface area contributed by atoms with Crippen LogP contribution < -0.4 is 5.73 Å². The highest BCUT2D eigenvalue weighted by atomic mass is 16.3. The fraction of sp³-hybridized carbons (Fsp3) is 0.400. The molecule has 0 aliphatic carbocycles. The standard InChI is InChI=1S/C15H20N2O2/c1-3-17(9-11(2)8-16)15(18)13-10-19-14-7-5-4-6-12(13)14/h4-7,10-11H,3,8-9,16H2,1-2H3. The van der Waals surface area contributed by atoms with Gasteiger partial charge in [-0.1, -0.05) is 25.1 Å². The molecule has 4 nitrogen and oxygen atoms in total. The van der Waals surface area contributed by atoms with E-state index >= 15 is 0 Å². The van der Waals surface area contributed by atoms with Crippen LogP contribution >= 0.6 is 0 Å². The van der Waals surface area contributed by atoms with Gasteiger partial charge in [-0.05, 0) is 25.5 Å². The highest BCUT2D eigenvalue weighted by Gasteiger charge is 2.20. The molecule has 1 aromatic heterocycles. The lowest BCUT2D eigenvalue weighted by molar-refractivity contribution is 0.0745. The summed E-state index contributed by atoms with van der Waals surface area (Å²) in [6.07, 6.45) is 1.54. The van der Waals surface area contributed by atoms with Crippen molar-refractivity contribution < 1.29 is 9.21 Å². The van der Waals surface area contributed by atoms with Gasteiger partial charge >= 0.3 is 0 Å². The van der Waals surface area contributed by atoms with E-state index in [-0.39, 0.29) is 5.91 Å². The van der Waals surface area contributed by atoms with Crippen molar-refractivity contribution in [2.75, 3.05) is 19.6 Å². The first-order chi connectivity index (χ1) is 9.17. The molecular weight excluding hydrogens is 240 g/mol. The van der Waals surface area contributed by atoms with Gasteiger partial charge in [0.15, 0.2) is 0 Å². The number of para-hydroxylation sites is 1. The topological polar surface area (TPSA) is 59.5 Å². The average molecular weight is 260 g/mol. The number of benzene rings is 1. The summed E-state index contributed by atoms with van der Waals surface area (Å²) in [4.78, 5) is 14.3. The summed E-state index contributed by atoms with van der Waals surface area (Å²) in [7, 11) is 0. The van der Waals surface area contributed by atoms with E-state index in [0.29, 0.717) is 31.1 Å². The van der Waals surface area contributed by atoms with Crippen molar-refractivity contribution in [3.63, 3.8) is 0 Å². The Morgan fingerprint density at radius 1 is 1.42 bits per heavy atom. The number of amides is 1. The molecule has 0 saturated heterocycles. The zero-order chi connectivity index (χ0) is 13.8. The van der Waals surface area contributed by atoms with Crippen molar-refractivity contribution in [1.29, 1.82) is 0 Å². The lowest BCUT2D eigenvalue weighted by Gasteiger charge is -2.23. The summed E-state index contributed by atoms with van der Waals surface area (Å²) < 4.78 is 5.42. The third-order valence-corrected chi connectivity index (χ3v) is 3.31. The van der Waals surface area contributed by atoms with E-state index in [4.69, 9.17) is 10.2 Å². The molecule has 1 heterocycles. The van der Waals surface area contributed by atoms with Crippen LogP contribution in [0.15, 0.2) is 34.9 Å². The fourth-order valence-electron chi connectivity index (χ4n) is 2.12. The van der Waals surface area contributed by atoms with E-state index < -0.39 is 0 Å². The van der Waals surface area contributed by atoms with E-state index in [9.17, 15) is 4.79 Å². The van der Waals surface area contributed by atoms with Gasteiger partial charge in [-0.3, -0.25) is 4.79 Å². The first-order valence-electron chi connectivity index (χ1n) is 6.63. The van der Waals surface area contributed by atoms with E-state index in [1.54, 1.807) is 6.26 Å². The van der Waals surface area contributed by atoms with Crippen molar-refractivity contribution in [1.82, 2.24) is 4.90 Å². The number of hydrogen-bond acceptors (Lipinski definition) is 3. The number of nitrogens with two attached hydrogens (primary N) is 1. The van der Waals surface area contributed by atoms with E-state index in [2.05, 4.69) is 0 Å². The van der Waals surface area contributed by atoms with Crippen molar-refractivity contribution in [3.8, 4) is 0 Å². The lowest BCUT2D eigenvalue weighted by Crippen LogP contribution is -2.36. The minimum Gasteiger partial charge on any atom is -0.463 e. The maximum absolute atomic E-state index is 12.5. The minimum atomic E-state index is 0.00718. The smallest absolute Gasteiger partial charge is 0.257 e. The molecular formula is C15H20N2O2. The Balaban J connectivity index is 2.26. The maximum atomic E-state index is 12.5. The van der Waals surface area contributed by atoms with Crippen molar-refractivity contribution in [2.24, 2.45) is 11.7 Å². The van der Waals surface area contributed by atoms with Crippen LogP contribution in [0.25, 0.3) is 11.0 Å². The van der Waals surface area contributed by atoms with Gasteiger partial charge in [0, 0.05) is 18.5 Å². The quantitative estimate of drug-likeness (QED) is 0.898. The molecule has 0 bridgehead atoms. The van der Waals surface area contributed by atoms with Gasteiger partial charge in [-0.25, -0.2) is 0 Å². The average Bonchev–Trinajstić information content (AvgIpc) is 2.87. The van der Waals surface area contributed by atoms with Crippen molar-refractivity contribution in [3.05, 3.63) is 36.1 Å². The lowest BCUT2D eigenvalue weighted by atomic mass is 10.1. The number of carbonyl (C=O) groups excluding carboxylic acids is 1. The molecule has 1 aromatic carbocycles. The summed E-state index contributed by atoms with van der Waals surface area (Å²) in [5.41, 5.74) is 7.00. The molecule has 2 aromatic rings. The van der Waals surface area contributed by atoms with Crippen molar-refractivity contribution in [2.45, 2.75) is 13.8 Å². The number of hydrogen-bond donors (Lipinski definition) is 1. The molecule has 1 atom stereocenters. The first-order valence-corrected chi connectivity index (χ1v) is 6.63. The Labute approximate surface area is 113 Å². The van der Waals surface area contributed by atoms with Gasteiger partial charge in [0.1, 0.15) is 11.8 Å². The largest absolute Gasteiger partial charge is 0.463 e. The van der Waals surface area contributed by atoms with Gasteiger partial charge in [-0.15, -0.1) is 0 Å². The van der Waals surface area contributed by atoms with Crippen LogP contribution in [0.2, 0.25) is 0 Å². The van der Waals surface area contributed by atoms with Gasteiger partial charge in [0.25, 0.3) is 5.91 Å². The molecule has 0 aliphatic rings. The molecule has 4 heteroatoms. The summed E-state index contributed by atoms with van der Waals surface area (Å²) >= 11 is 0. The highest BCUT2D eigenvalue weighted by molar-refractivity contribution is 6.05. The molecule has 2 rings (SSSR count). The molecule has 19 heavy (non-hydrogen) atoms. The fourth-order valence-corrected chi connectivity index (χ4v) is 2.12. The Morgan fingerprint density at radius 3 is 2.84 bits per heavy atom. The second-order valence-corrected chi connectivity index (χ2v) is 4.83. The van der Waals surface area contributed by atoms with Crippen LogP contribution in [0.4, 0.5) is 0 Å². The van der Waals surface area contributed by atoms with Crippen LogP contribution in [-0.4, -0.2) is 30.4 Å². The van der Waals surface area contributed by atoms with Gasteiger partial charge in [0.05, 0.1) is 5.56 Å². The third kappa shape index (κ3) is 2.79. The van der Waals surface area contributed by atoms with Crippen LogP contribution in [0.5, 0.6) is 0 Å². The molecule has 0 aliphatic heterocycles. The summed E-state index contributed by atoms with van der Waals surface area (Å²) in [6, 6.07) is 7.58. The molecule has 0 radical (unpaired) electrons. The van der Waals surface area contributed by atoms with E-state index in [1.807, 2.05) is 43.0 Å². The summed E-state index contributed by atoms with van der Waals surface area (Å²) in [5.74, 6) is 0.301. The molecule has 102 valence electrons. The summed E-state index contributed by atoms with van der Waals surface area (Å²) in [6.45, 7) is 5.94. The van der Waals surface area contributed by atoms with Gasteiger partial charge < -0.3 is 15.1 Å². The number of rotatable bonds is 5. The Morgan fingerprint density at radius 2 is 2.16 bits per heavy atom. The van der Waals surface area contributed by atoms with Crippen LogP contribution in [0.1, 0.15) is 24.2 Å². The second kappa shape index (κ2) is 5.89. The zero-order valence-corrected chi connectivity index (χ0v) is 11.4. The Bertz CT molecular complexity index is 562. The van der Waals surface area contributed by atoms with Crippen LogP contribution in [-0.2, 0) is 0 Å². The normalized spacial score (nSPS) is 12.6. The second-order valence-electron chi connectivity index (χ2n) is 4.83. The van der Waals surface area contributed by atoms with Crippen LogP contribution in [0, 0.1) is 5.92 Å². The van der Waals surface area contributed by atoms with Gasteiger partial charge in [-0.2, -0.15) is 0 Å². The Hall–Kier alpha value is -1.81. The van der Waals surface area contributed by atoms with Crippen LogP contribution in [0.3, 0.4) is 0 Å². The predicted octanol–water partition coefficient (Wildman–Crippen LogP) is 2.49. The molecule has 0 spiro atoms. The number of fused-ring (bicyclic) bond motifs is 1. The minimum absolute atomic E-state index is 0.00718. The highest BCUT2D eigenvalue weighted by Crippen LogP contribution is 2.22. The van der Waals surface area contributed by atoms with Crippen molar-refractivity contribution >= 4 is 16.9 Å². The zero-order valence-electron chi connectivity index (χ0n) is 11.4. The summed E-state index contributed by atoms with van der Waals surface area (Å²) in [5, 5.41) is 0.867. The molecule has 2 N–H and O–H groups in total.